The zero-order chi connectivity index (χ0) is 14.0. The fraction of sp³-hybridized carbons (Fsp3) is 0.0714. The molecule has 2 aromatic rings. The third-order valence-corrected chi connectivity index (χ3v) is 3.30. The predicted octanol–water partition coefficient (Wildman–Crippen LogP) is 4.29. The Kier molecular flexibility index (Phi) is 4.04. The summed E-state index contributed by atoms with van der Waals surface area (Å²) in [4.78, 5) is 12.0. The number of carbonyl (C=O) groups excluding carboxylic acids is 1. The highest BCUT2D eigenvalue weighted by molar-refractivity contribution is 9.10. The first kappa shape index (κ1) is 13.8. The molecule has 0 aliphatic rings. The standard InChI is InChI=1S/C14H8BrF3O/c15-9-3-1-6-12(18)14(9)13(19)7-8-10(16)4-2-5-11(8)17/h1-6H,7H2. The van der Waals surface area contributed by atoms with Crippen LogP contribution in [0.5, 0.6) is 0 Å². The Morgan fingerprint density at radius 2 is 1.47 bits per heavy atom. The smallest absolute Gasteiger partial charge is 0.171 e. The number of hydrogen-bond donors (Lipinski definition) is 0. The average Bonchev–Trinajstić information content (AvgIpc) is 2.34. The molecule has 0 atom stereocenters. The van der Waals surface area contributed by atoms with Crippen molar-refractivity contribution < 1.29 is 18.0 Å². The van der Waals surface area contributed by atoms with E-state index in [1.165, 1.54) is 18.2 Å². The Morgan fingerprint density at radius 1 is 0.947 bits per heavy atom. The van der Waals surface area contributed by atoms with Gasteiger partial charge in [0.05, 0.1) is 5.56 Å². The summed E-state index contributed by atoms with van der Waals surface area (Å²) in [5, 5.41) is 0. The minimum absolute atomic E-state index is 0.204. The number of rotatable bonds is 3. The van der Waals surface area contributed by atoms with Gasteiger partial charge in [0.1, 0.15) is 17.5 Å². The van der Waals surface area contributed by atoms with E-state index in [1.54, 1.807) is 0 Å². The lowest BCUT2D eigenvalue weighted by Crippen LogP contribution is -2.10. The van der Waals surface area contributed by atoms with E-state index in [0.717, 1.165) is 18.2 Å². The Balaban J connectivity index is 2.37. The topological polar surface area (TPSA) is 17.1 Å². The summed E-state index contributed by atoms with van der Waals surface area (Å²) in [5.41, 5.74) is -0.562. The summed E-state index contributed by atoms with van der Waals surface area (Å²) < 4.78 is 40.7. The van der Waals surface area contributed by atoms with Crippen molar-refractivity contribution >= 4 is 21.7 Å². The number of hydrogen-bond acceptors (Lipinski definition) is 1. The Labute approximate surface area is 116 Å². The van der Waals surface area contributed by atoms with Gasteiger partial charge in [0.2, 0.25) is 0 Å². The summed E-state index contributed by atoms with van der Waals surface area (Å²) in [7, 11) is 0. The van der Waals surface area contributed by atoms with Crippen molar-refractivity contribution in [3.05, 3.63) is 69.4 Å². The molecule has 0 bridgehead atoms. The number of Topliss-reactive ketones (excluding diaryl/α,β-unsaturated/α-hetero) is 1. The number of benzene rings is 2. The first-order chi connectivity index (χ1) is 9.00. The van der Waals surface area contributed by atoms with E-state index < -0.39 is 29.7 Å². The molecule has 2 rings (SSSR count). The van der Waals surface area contributed by atoms with Gasteiger partial charge in [-0.3, -0.25) is 4.79 Å². The molecule has 0 heterocycles. The second kappa shape index (κ2) is 5.57. The number of carbonyl (C=O) groups is 1. The van der Waals surface area contributed by atoms with Gasteiger partial charge in [0.25, 0.3) is 0 Å². The van der Waals surface area contributed by atoms with Gasteiger partial charge < -0.3 is 0 Å². The molecule has 0 fully saturated rings. The quantitative estimate of drug-likeness (QED) is 0.768. The second-order valence-electron chi connectivity index (χ2n) is 3.90. The maximum absolute atomic E-state index is 13.6. The van der Waals surface area contributed by atoms with Gasteiger partial charge in [0.15, 0.2) is 5.78 Å². The zero-order valence-electron chi connectivity index (χ0n) is 9.59. The molecule has 98 valence electrons. The molecule has 0 radical (unpaired) electrons. The van der Waals surface area contributed by atoms with Gasteiger partial charge in [-0.05, 0) is 40.2 Å². The average molecular weight is 329 g/mol. The predicted molar refractivity (Wildman–Crippen MR) is 68.5 cm³/mol. The van der Waals surface area contributed by atoms with Crippen LogP contribution >= 0.6 is 15.9 Å². The molecular weight excluding hydrogens is 321 g/mol. The maximum atomic E-state index is 13.6. The fourth-order valence-corrected chi connectivity index (χ4v) is 2.28. The van der Waals surface area contributed by atoms with Gasteiger partial charge in [-0.15, -0.1) is 0 Å². The highest BCUT2D eigenvalue weighted by Gasteiger charge is 2.19. The second-order valence-corrected chi connectivity index (χ2v) is 4.75. The van der Waals surface area contributed by atoms with Crippen molar-refractivity contribution in [1.29, 1.82) is 0 Å². The molecule has 0 unspecified atom stereocenters. The highest BCUT2D eigenvalue weighted by Crippen LogP contribution is 2.23. The molecule has 19 heavy (non-hydrogen) atoms. The van der Waals surface area contributed by atoms with E-state index in [4.69, 9.17) is 0 Å². The minimum Gasteiger partial charge on any atom is -0.294 e. The van der Waals surface area contributed by atoms with E-state index in [-0.39, 0.29) is 15.6 Å². The molecule has 2 aromatic carbocycles. The molecular formula is C14H8BrF3O. The van der Waals surface area contributed by atoms with Crippen LogP contribution in [0.25, 0.3) is 0 Å². The Hall–Kier alpha value is -1.62. The maximum Gasteiger partial charge on any atom is 0.171 e. The van der Waals surface area contributed by atoms with E-state index in [0.29, 0.717) is 0 Å². The number of ketones is 1. The fourth-order valence-electron chi connectivity index (χ4n) is 1.71. The van der Waals surface area contributed by atoms with E-state index in [1.807, 2.05) is 0 Å². The van der Waals surface area contributed by atoms with Crippen molar-refractivity contribution in [2.75, 3.05) is 0 Å². The molecule has 1 nitrogen and oxygen atoms in total. The summed E-state index contributed by atoms with van der Waals surface area (Å²) in [6.45, 7) is 0. The van der Waals surface area contributed by atoms with Crippen LogP contribution in [0, 0.1) is 17.5 Å². The van der Waals surface area contributed by atoms with Crippen LogP contribution in [-0.4, -0.2) is 5.78 Å². The molecule has 0 aliphatic heterocycles. The van der Waals surface area contributed by atoms with Crippen LogP contribution in [0.4, 0.5) is 13.2 Å². The van der Waals surface area contributed by atoms with E-state index in [9.17, 15) is 18.0 Å². The van der Waals surface area contributed by atoms with Crippen LogP contribution in [0.3, 0.4) is 0 Å². The molecule has 0 saturated carbocycles. The van der Waals surface area contributed by atoms with Gasteiger partial charge in [-0.25, -0.2) is 13.2 Å². The molecule has 0 spiro atoms. The minimum atomic E-state index is -0.819. The highest BCUT2D eigenvalue weighted by atomic mass is 79.9. The Morgan fingerprint density at radius 3 is 2.05 bits per heavy atom. The third kappa shape index (κ3) is 2.87. The van der Waals surface area contributed by atoms with Crippen LogP contribution in [0.15, 0.2) is 40.9 Å². The molecule has 0 amide bonds. The lowest BCUT2D eigenvalue weighted by molar-refractivity contribution is 0.0986. The number of halogens is 4. The van der Waals surface area contributed by atoms with Gasteiger partial charge in [-0.1, -0.05) is 12.1 Å². The SMILES string of the molecule is O=C(Cc1c(F)cccc1F)c1c(F)cccc1Br. The van der Waals surface area contributed by atoms with Crippen molar-refractivity contribution in [3.8, 4) is 0 Å². The molecule has 0 aromatic heterocycles. The van der Waals surface area contributed by atoms with Gasteiger partial charge in [0, 0.05) is 16.5 Å². The third-order valence-electron chi connectivity index (χ3n) is 2.64. The lowest BCUT2D eigenvalue weighted by Gasteiger charge is -2.07. The summed E-state index contributed by atoms with van der Waals surface area (Å²) in [6.07, 6.45) is -0.530. The first-order valence-corrected chi connectivity index (χ1v) is 6.20. The zero-order valence-corrected chi connectivity index (χ0v) is 11.2. The normalized spacial score (nSPS) is 10.5. The first-order valence-electron chi connectivity index (χ1n) is 5.41. The largest absolute Gasteiger partial charge is 0.294 e. The Bertz CT molecular complexity index is 600. The summed E-state index contributed by atoms with van der Waals surface area (Å²) in [6, 6.07) is 7.37. The van der Waals surface area contributed by atoms with Crippen molar-refractivity contribution in [1.82, 2.24) is 0 Å². The van der Waals surface area contributed by atoms with Crippen LogP contribution < -0.4 is 0 Å². The van der Waals surface area contributed by atoms with Gasteiger partial charge >= 0.3 is 0 Å². The molecule has 0 N–H and O–H groups in total. The lowest BCUT2D eigenvalue weighted by atomic mass is 10.0. The summed E-state index contributed by atoms with van der Waals surface area (Å²) >= 11 is 3.05. The van der Waals surface area contributed by atoms with Crippen LogP contribution in [-0.2, 0) is 6.42 Å². The molecule has 0 aliphatic carbocycles. The van der Waals surface area contributed by atoms with E-state index >= 15 is 0 Å². The van der Waals surface area contributed by atoms with Crippen LogP contribution in [0.2, 0.25) is 0 Å². The van der Waals surface area contributed by atoms with Crippen LogP contribution in [0.1, 0.15) is 15.9 Å². The van der Waals surface area contributed by atoms with Gasteiger partial charge in [-0.2, -0.15) is 0 Å². The summed E-state index contributed by atoms with van der Waals surface area (Å²) in [5.74, 6) is -3.05. The van der Waals surface area contributed by atoms with Crippen molar-refractivity contribution in [2.24, 2.45) is 0 Å². The van der Waals surface area contributed by atoms with Crippen molar-refractivity contribution in [2.45, 2.75) is 6.42 Å². The molecule has 5 heteroatoms. The van der Waals surface area contributed by atoms with Crippen molar-refractivity contribution in [3.63, 3.8) is 0 Å². The molecule has 0 saturated heterocycles. The van der Waals surface area contributed by atoms with E-state index in [2.05, 4.69) is 15.9 Å². The monoisotopic (exact) mass is 328 g/mol.